The van der Waals surface area contributed by atoms with Crippen molar-refractivity contribution in [3.63, 3.8) is 0 Å². The summed E-state index contributed by atoms with van der Waals surface area (Å²) in [5.74, 6) is 0.465. The Balaban J connectivity index is 2.51. The van der Waals surface area contributed by atoms with E-state index in [0.29, 0.717) is 5.92 Å². The van der Waals surface area contributed by atoms with E-state index in [-0.39, 0.29) is 17.6 Å². The van der Waals surface area contributed by atoms with Crippen molar-refractivity contribution in [1.29, 1.82) is 0 Å². The smallest absolute Gasteiger partial charge is 0.146 e. The lowest BCUT2D eigenvalue weighted by Gasteiger charge is -2.23. The molecule has 1 fully saturated rings. The Bertz CT molecular complexity index is 215. The minimum absolute atomic E-state index is 0.174. The molecule has 0 amide bonds. The molecule has 1 rings (SSSR count). The second kappa shape index (κ2) is 6.04. The highest BCUT2D eigenvalue weighted by Gasteiger charge is 2.28. The first-order valence-electron chi connectivity index (χ1n) is 6.14. The molecule has 0 N–H and O–H groups in total. The van der Waals surface area contributed by atoms with Gasteiger partial charge in [0.05, 0.1) is 5.92 Å². The van der Waals surface area contributed by atoms with Gasteiger partial charge >= 0.3 is 0 Å². The third-order valence-corrected chi connectivity index (χ3v) is 3.26. The molecular formula is C13H22O2. The SMILES string of the molecule is CC(C)CC(C=O)C(=O)C1CCCCC1. The number of ketones is 1. The van der Waals surface area contributed by atoms with Crippen LogP contribution in [0.25, 0.3) is 0 Å². The first-order valence-corrected chi connectivity index (χ1v) is 6.14. The van der Waals surface area contributed by atoms with Crippen LogP contribution in [0.15, 0.2) is 0 Å². The van der Waals surface area contributed by atoms with Crippen LogP contribution in [-0.2, 0) is 9.59 Å². The van der Waals surface area contributed by atoms with Crippen LogP contribution in [0.5, 0.6) is 0 Å². The summed E-state index contributed by atoms with van der Waals surface area (Å²) in [6.45, 7) is 4.12. The molecule has 2 nitrogen and oxygen atoms in total. The van der Waals surface area contributed by atoms with Crippen molar-refractivity contribution in [2.24, 2.45) is 17.8 Å². The normalized spacial score (nSPS) is 20.2. The van der Waals surface area contributed by atoms with Crippen molar-refractivity contribution >= 4 is 12.1 Å². The van der Waals surface area contributed by atoms with E-state index in [1.165, 1.54) is 6.42 Å². The van der Waals surface area contributed by atoms with Gasteiger partial charge in [0.1, 0.15) is 12.1 Å². The quantitative estimate of drug-likeness (QED) is 0.516. The molecule has 0 bridgehead atoms. The largest absolute Gasteiger partial charge is 0.303 e. The van der Waals surface area contributed by atoms with Gasteiger partial charge in [0.25, 0.3) is 0 Å². The Hall–Kier alpha value is -0.660. The van der Waals surface area contributed by atoms with E-state index < -0.39 is 0 Å². The van der Waals surface area contributed by atoms with Crippen molar-refractivity contribution in [2.45, 2.75) is 52.4 Å². The Morgan fingerprint density at radius 1 is 1.27 bits per heavy atom. The standard InChI is InChI=1S/C13H22O2/c1-10(2)8-12(9-14)13(15)11-6-4-3-5-7-11/h9-12H,3-8H2,1-2H3. The molecule has 0 spiro atoms. The van der Waals surface area contributed by atoms with Gasteiger partial charge in [-0.3, -0.25) is 4.79 Å². The molecule has 2 heteroatoms. The zero-order chi connectivity index (χ0) is 11.3. The molecule has 86 valence electrons. The molecule has 0 aromatic rings. The topological polar surface area (TPSA) is 34.1 Å². The van der Waals surface area contributed by atoms with Gasteiger partial charge in [-0.05, 0) is 25.2 Å². The van der Waals surface area contributed by atoms with E-state index >= 15 is 0 Å². The predicted molar refractivity (Wildman–Crippen MR) is 60.6 cm³/mol. The van der Waals surface area contributed by atoms with Gasteiger partial charge in [-0.1, -0.05) is 33.1 Å². The van der Waals surface area contributed by atoms with Crippen molar-refractivity contribution in [2.75, 3.05) is 0 Å². The molecule has 1 saturated carbocycles. The van der Waals surface area contributed by atoms with E-state index in [2.05, 4.69) is 13.8 Å². The Labute approximate surface area is 92.4 Å². The average molecular weight is 210 g/mol. The number of aldehydes is 1. The summed E-state index contributed by atoms with van der Waals surface area (Å²) >= 11 is 0. The van der Waals surface area contributed by atoms with Crippen LogP contribution in [0.4, 0.5) is 0 Å². The summed E-state index contributed by atoms with van der Waals surface area (Å²) in [6, 6.07) is 0. The Morgan fingerprint density at radius 3 is 2.33 bits per heavy atom. The molecule has 1 aliphatic carbocycles. The van der Waals surface area contributed by atoms with E-state index in [1.807, 2.05) is 0 Å². The lowest BCUT2D eigenvalue weighted by molar-refractivity contribution is -0.131. The van der Waals surface area contributed by atoms with Crippen LogP contribution in [0, 0.1) is 17.8 Å². The third-order valence-electron chi connectivity index (χ3n) is 3.26. The maximum absolute atomic E-state index is 12.0. The van der Waals surface area contributed by atoms with Gasteiger partial charge in [0.2, 0.25) is 0 Å². The van der Waals surface area contributed by atoms with Gasteiger partial charge < -0.3 is 4.79 Å². The van der Waals surface area contributed by atoms with E-state index in [0.717, 1.165) is 38.4 Å². The molecule has 0 saturated heterocycles. The fourth-order valence-corrected chi connectivity index (χ4v) is 2.44. The number of hydrogen-bond acceptors (Lipinski definition) is 2. The van der Waals surface area contributed by atoms with Crippen LogP contribution < -0.4 is 0 Å². The second-order valence-electron chi connectivity index (χ2n) is 5.11. The maximum Gasteiger partial charge on any atom is 0.146 e. The van der Waals surface area contributed by atoms with Crippen molar-refractivity contribution in [3.05, 3.63) is 0 Å². The summed E-state index contributed by atoms with van der Waals surface area (Å²) in [5.41, 5.74) is 0. The maximum atomic E-state index is 12.0. The number of carbonyl (C=O) groups excluding carboxylic acids is 2. The number of rotatable bonds is 5. The number of Topliss-reactive ketones (excluding diaryl/α,β-unsaturated/α-hetero) is 1. The zero-order valence-electron chi connectivity index (χ0n) is 9.87. The molecule has 1 aliphatic rings. The van der Waals surface area contributed by atoms with E-state index in [1.54, 1.807) is 0 Å². The first-order chi connectivity index (χ1) is 7.15. The molecular weight excluding hydrogens is 188 g/mol. The highest BCUT2D eigenvalue weighted by atomic mass is 16.1. The minimum Gasteiger partial charge on any atom is -0.303 e. The van der Waals surface area contributed by atoms with Gasteiger partial charge in [-0.25, -0.2) is 0 Å². The fourth-order valence-electron chi connectivity index (χ4n) is 2.44. The molecule has 0 aromatic heterocycles. The first kappa shape index (κ1) is 12.4. The van der Waals surface area contributed by atoms with Crippen LogP contribution in [0.3, 0.4) is 0 Å². The average Bonchev–Trinajstić information content (AvgIpc) is 2.26. The molecule has 0 heterocycles. The van der Waals surface area contributed by atoms with Crippen LogP contribution >= 0.6 is 0 Å². The minimum atomic E-state index is -0.340. The molecule has 0 radical (unpaired) electrons. The van der Waals surface area contributed by atoms with Crippen molar-refractivity contribution in [1.82, 2.24) is 0 Å². The van der Waals surface area contributed by atoms with Crippen LogP contribution in [0.2, 0.25) is 0 Å². The summed E-state index contributed by atoms with van der Waals surface area (Å²) in [5, 5.41) is 0. The Kier molecular flexibility index (Phi) is 5.00. The Morgan fingerprint density at radius 2 is 1.87 bits per heavy atom. The number of carbonyl (C=O) groups is 2. The summed E-state index contributed by atoms with van der Waals surface area (Å²) in [6.07, 6.45) is 7.14. The molecule has 1 atom stereocenters. The number of hydrogen-bond donors (Lipinski definition) is 0. The molecule has 1 unspecified atom stereocenters. The highest BCUT2D eigenvalue weighted by Crippen LogP contribution is 2.27. The van der Waals surface area contributed by atoms with Crippen LogP contribution in [0.1, 0.15) is 52.4 Å². The fraction of sp³-hybridized carbons (Fsp3) is 0.846. The van der Waals surface area contributed by atoms with E-state index in [9.17, 15) is 9.59 Å². The monoisotopic (exact) mass is 210 g/mol. The summed E-state index contributed by atoms with van der Waals surface area (Å²) in [7, 11) is 0. The highest BCUT2D eigenvalue weighted by molar-refractivity contribution is 5.94. The van der Waals surface area contributed by atoms with Gasteiger partial charge in [0.15, 0.2) is 0 Å². The van der Waals surface area contributed by atoms with E-state index in [4.69, 9.17) is 0 Å². The summed E-state index contributed by atoms with van der Waals surface area (Å²) < 4.78 is 0. The van der Waals surface area contributed by atoms with Crippen LogP contribution in [-0.4, -0.2) is 12.1 Å². The zero-order valence-corrected chi connectivity index (χ0v) is 9.87. The third kappa shape index (κ3) is 3.77. The predicted octanol–water partition coefficient (Wildman–Crippen LogP) is 3.00. The molecule has 0 aromatic carbocycles. The van der Waals surface area contributed by atoms with Gasteiger partial charge in [-0.2, -0.15) is 0 Å². The summed E-state index contributed by atoms with van der Waals surface area (Å²) in [4.78, 5) is 22.9. The van der Waals surface area contributed by atoms with Gasteiger partial charge in [-0.15, -0.1) is 0 Å². The van der Waals surface area contributed by atoms with Crippen molar-refractivity contribution in [3.8, 4) is 0 Å². The second-order valence-corrected chi connectivity index (χ2v) is 5.11. The van der Waals surface area contributed by atoms with Gasteiger partial charge in [0, 0.05) is 5.92 Å². The lowest BCUT2D eigenvalue weighted by Crippen LogP contribution is -2.27. The molecule has 0 aliphatic heterocycles. The molecule has 15 heavy (non-hydrogen) atoms. The van der Waals surface area contributed by atoms with Crippen molar-refractivity contribution < 1.29 is 9.59 Å². The lowest BCUT2D eigenvalue weighted by atomic mass is 9.80.